The summed E-state index contributed by atoms with van der Waals surface area (Å²) in [6.07, 6.45) is 1.90. The van der Waals surface area contributed by atoms with Crippen molar-refractivity contribution in [2.75, 3.05) is 0 Å². The Bertz CT molecular complexity index is 1890. The SMILES string of the molecule is CC(C)(C)c1cc(-c2ccnc(-c3cccc(-c4cccc5oc(-c6ccccc6O)nc45)c3)c2)cc(C(C)(C)C)c1. The second-order valence-electron chi connectivity index (χ2n) is 13.0. The van der Waals surface area contributed by atoms with Gasteiger partial charge < -0.3 is 9.52 Å². The van der Waals surface area contributed by atoms with Crippen molar-refractivity contribution in [3.05, 3.63) is 114 Å². The Labute approximate surface area is 247 Å². The standard InChI is InChI=1S/C38H36N2O2/c1-37(2,3)28-20-27(21-29(23-28)38(4,5)6)24-17-18-39-32(22-24)26-12-9-11-25(19-26)30-14-10-16-34-35(30)40-36(42-34)31-13-7-8-15-33(31)41/h7-23,41H,1-6H3. The number of phenols is 1. The molecule has 6 rings (SSSR count). The van der Waals surface area contributed by atoms with E-state index < -0.39 is 0 Å². The van der Waals surface area contributed by atoms with Crippen LogP contribution in [0.1, 0.15) is 52.7 Å². The molecule has 0 bridgehead atoms. The molecule has 210 valence electrons. The van der Waals surface area contributed by atoms with E-state index in [0.717, 1.165) is 33.5 Å². The first-order chi connectivity index (χ1) is 20.0. The van der Waals surface area contributed by atoms with Gasteiger partial charge in [0.1, 0.15) is 11.3 Å². The maximum Gasteiger partial charge on any atom is 0.231 e. The van der Waals surface area contributed by atoms with Gasteiger partial charge in [-0.3, -0.25) is 4.98 Å². The van der Waals surface area contributed by atoms with Crippen molar-refractivity contribution in [1.29, 1.82) is 0 Å². The van der Waals surface area contributed by atoms with E-state index in [1.165, 1.54) is 16.7 Å². The highest BCUT2D eigenvalue weighted by molar-refractivity contribution is 5.93. The summed E-state index contributed by atoms with van der Waals surface area (Å²) < 4.78 is 6.06. The number of benzene rings is 4. The first kappa shape index (κ1) is 27.5. The van der Waals surface area contributed by atoms with Gasteiger partial charge in [-0.05, 0) is 75.0 Å². The predicted octanol–water partition coefficient (Wildman–Crippen LogP) is 10.2. The number of hydrogen-bond donors (Lipinski definition) is 1. The summed E-state index contributed by atoms with van der Waals surface area (Å²) in [5.41, 5.74) is 11.0. The quantitative estimate of drug-likeness (QED) is 0.236. The second-order valence-corrected chi connectivity index (χ2v) is 13.0. The Kier molecular flexibility index (Phi) is 6.73. The zero-order chi connectivity index (χ0) is 29.6. The molecule has 0 aliphatic carbocycles. The summed E-state index contributed by atoms with van der Waals surface area (Å²) in [6.45, 7) is 13.6. The molecule has 0 unspecified atom stereocenters. The number of para-hydroxylation sites is 2. The molecule has 0 radical (unpaired) electrons. The summed E-state index contributed by atoms with van der Waals surface area (Å²) in [5, 5.41) is 10.3. The van der Waals surface area contributed by atoms with Crippen LogP contribution in [0.25, 0.3) is 56.1 Å². The third kappa shape index (κ3) is 5.33. The molecule has 0 aliphatic rings. The van der Waals surface area contributed by atoms with Crippen LogP contribution in [0.3, 0.4) is 0 Å². The molecule has 0 fully saturated rings. The molecule has 4 heteroatoms. The van der Waals surface area contributed by atoms with Crippen LogP contribution in [-0.4, -0.2) is 15.1 Å². The first-order valence-corrected chi connectivity index (χ1v) is 14.4. The smallest absolute Gasteiger partial charge is 0.231 e. The van der Waals surface area contributed by atoms with Crippen LogP contribution in [0.5, 0.6) is 5.75 Å². The zero-order valence-corrected chi connectivity index (χ0v) is 25.1. The van der Waals surface area contributed by atoms with Crippen molar-refractivity contribution in [2.45, 2.75) is 52.4 Å². The summed E-state index contributed by atoms with van der Waals surface area (Å²) in [5.74, 6) is 0.536. The minimum Gasteiger partial charge on any atom is -0.507 e. The van der Waals surface area contributed by atoms with Gasteiger partial charge in [-0.2, -0.15) is 0 Å². The van der Waals surface area contributed by atoms with E-state index >= 15 is 0 Å². The van der Waals surface area contributed by atoms with Crippen LogP contribution in [0, 0.1) is 0 Å². The van der Waals surface area contributed by atoms with Gasteiger partial charge >= 0.3 is 0 Å². The molecule has 0 saturated heterocycles. The number of aromatic hydroxyl groups is 1. The van der Waals surface area contributed by atoms with E-state index in [1.807, 2.05) is 24.4 Å². The molecular formula is C38H36N2O2. The Morgan fingerprint density at radius 2 is 1.26 bits per heavy atom. The minimum absolute atomic E-state index is 0.0431. The van der Waals surface area contributed by atoms with Crippen LogP contribution in [0.2, 0.25) is 0 Å². The van der Waals surface area contributed by atoms with Crippen LogP contribution in [-0.2, 0) is 10.8 Å². The van der Waals surface area contributed by atoms with Gasteiger partial charge in [0.15, 0.2) is 5.58 Å². The highest BCUT2D eigenvalue weighted by Crippen LogP contribution is 2.37. The number of fused-ring (bicyclic) bond motifs is 1. The molecule has 6 aromatic rings. The zero-order valence-electron chi connectivity index (χ0n) is 25.1. The lowest BCUT2D eigenvalue weighted by molar-refractivity contribution is 0.474. The predicted molar refractivity (Wildman–Crippen MR) is 173 cm³/mol. The Balaban J connectivity index is 1.41. The van der Waals surface area contributed by atoms with Crippen LogP contribution in [0.4, 0.5) is 0 Å². The normalized spacial score (nSPS) is 12.1. The van der Waals surface area contributed by atoms with Crippen LogP contribution in [0.15, 0.2) is 108 Å². The molecule has 2 heterocycles. The minimum atomic E-state index is 0.0431. The lowest BCUT2D eigenvalue weighted by Crippen LogP contribution is -2.16. The molecule has 0 aliphatic heterocycles. The van der Waals surface area contributed by atoms with Gasteiger partial charge in [-0.1, -0.05) is 102 Å². The molecule has 2 aromatic heterocycles. The van der Waals surface area contributed by atoms with Crippen molar-refractivity contribution in [2.24, 2.45) is 0 Å². The van der Waals surface area contributed by atoms with E-state index in [4.69, 9.17) is 14.4 Å². The molecule has 0 spiro atoms. The Morgan fingerprint density at radius 3 is 1.98 bits per heavy atom. The van der Waals surface area contributed by atoms with Gasteiger partial charge in [0, 0.05) is 17.3 Å². The van der Waals surface area contributed by atoms with Gasteiger partial charge in [0.2, 0.25) is 5.89 Å². The number of pyridine rings is 1. The molecular weight excluding hydrogens is 516 g/mol. The van der Waals surface area contributed by atoms with Crippen LogP contribution < -0.4 is 0 Å². The second kappa shape index (κ2) is 10.3. The number of rotatable bonds is 4. The number of phenolic OH excluding ortho intramolecular Hbond substituents is 1. The van der Waals surface area contributed by atoms with E-state index in [1.54, 1.807) is 18.2 Å². The van der Waals surface area contributed by atoms with Crippen molar-refractivity contribution < 1.29 is 9.52 Å². The molecule has 0 amide bonds. The molecule has 1 N–H and O–H groups in total. The molecule has 0 atom stereocenters. The summed E-state index contributed by atoms with van der Waals surface area (Å²) in [6, 6.07) is 32.7. The lowest BCUT2D eigenvalue weighted by atomic mass is 9.79. The first-order valence-electron chi connectivity index (χ1n) is 14.4. The third-order valence-corrected chi connectivity index (χ3v) is 7.78. The topological polar surface area (TPSA) is 59.2 Å². The van der Waals surface area contributed by atoms with Gasteiger partial charge in [-0.15, -0.1) is 0 Å². The summed E-state index contributed by atoms with van der Waals surface area (Å²) in [4.78, 5) is 9.56. The monoisotopic (exact) mass is 552 g/mol. The average Bonchev–Trinajstić information content (AvgIpc) is 3.41. The molecule has 0 saturated carbocycles. The highest BCUT2D eigenvalue weighted by atomic mass is 16.3. The fraction of sp³-hybridized carbons (Fsp3) is 0.211. The Hall–Kier alpha value is -4.70. The van der Waals surface area contributed by atoms with Gasteiger partial charge in [0.05, 0.1) is 11.3 Å². The fourth-order valence-corrected chi connectivity index (χ4v) is 5.23. The summed E-state index contributed by atoms with van der Waals surface area (Å²) >= 11 is 0. The number of nitrogens with zero attached hydrogens (tertiary/aromatic N) is 2. The molecule has 4 aromatic carbocycles. The maximum atomic E-state index is 10.3. The van der Waals surface area contributed by atoms with Crippen molar-refractivity contribution in [3.63, 3.8) is 0 Å². The van der Waals surface area contributed by atoms with Crippen LogP contribution >= 0.6 is 0 Å². The lowest BCUT2D eigenvalue weighted by Gasteiger charge is -2.26. The summed E-state index contributed by atoms with van der Waals surface area (Å²) in [7, 11) is 0. The van der Waals surface area contributed by atoms with E-state index in [9.17, 15) is 5.11 Å². The third-order valence-electron chi connectivity index (χ3n) is 7.78. The largest absolute Gasteiger partial charge is 0.507 e. The van der Waals surface area contributed by atoms with E-state index in [-0.39, 0.29) is 16.6 Å². The van der Waals surface area contributed by atoms with Crippen molar-refractivity contribution >= 4 is 11.1 Å². The fourth-order valence-electron chi connectivity index (χ4n) is 5.23. The van der Waals surface area contributed by atoms with Crippen molar-refractivity contribution in [1.82, 2.24) is 9.97 Å². The Morgan fingerprint density at radius 1 is 0.595 bits per heavy atom. The maximum absolute atomic E-state index is 10.3. The highest BCUT2D eigenvalue weighted by Gasteiger charge is 2.21. The van der Waals surface area contributed by atoms with E-state index in [0.29, 0.717) is 17.0 Å². The number of hydrogen-bond acceptors (Lipinski definition) is 4. The van der Waals surface area contributed by atoms with Gasteiger partial charge in [0.25, 0.3) is 0 Å². The van der Waals surface area contributed by atoms with Gasteiger partial charge in [-0.25, -0.2) is 4.98 Å². The molecule has 4 nitrogen and oxygen atoms in total. The average molecular weight is 553 g/mol. The van der Waals surface area contributed by atoms with Crippen molar-refractivity contribution in [3.8, 4) is 50.7 Å². The number of oxazole rings is 1. The molecule has 42 heavy (non-hydrogen) atoms. The van der Waals surface area contributed by atoms with E-state index in [2.05, 4.69) is 102 Å². The number of aromatic nitrogens is 2.